The van der Waals surface area contributed by atoms with E-state index in [1.165, 1.54) is 16.5 Å². The predicted molar refractivity (Wildman–Crippen MR) is 137 cm³/mol. The topological polar surface area (TPSA) is 109 Å². The van der Waals surface area contributed by atoms with Crippen molar-refractivity contribution in [2.24, 2.45) is 14.1 Å². The zero-order valence-electron chi connectivity index (χ0n) is 19.5. The maximum atomic E-state index is 13.0. The van der Waals surface area contributed by atoms with Gasteiger partial charge in [-0.05, 0) is 48.1 Å². The van der Waals surface area contributed by atoms with Gasteiger partial charge in [-0.2, -0.15) is 0 Å². The van der Waals surface area contributed by atoms with Crippen LogP contribution in [0.15, 0.2) is 62.3 Å². The molecule has 184 valence electrons. The first-order valence-electron chi connectivity index (χ1n) is 11.4. The summed E-state index contributed by atoms with van der Waals surface area (Å²) in [5.74, 6) is 0. The number of hydrogen-bond acceptors (Lipinski definition) is 6. The van der Waals surface area contributed by atoms with Crippen LogP contribution in [0.3, 0.4) is 0 Å². The highest BCUT2D eigenvalue weighted by molar-refractivity contribution is 7.89. The lowest BCUT2D eigenvalue weighted by Crippen LogP contribution is -2.44. The maximum Gasteiger partial charge on any atom is 0.331 e. The molecule has 1 fully saturated rings. The number of rotatable bonds is 6. The van der Waals surface area contributed by atoms with Gasteiger partial charge in [0.05, 0.1) is 10.4 Å². The highest BCUT2D eigenvalue weighted by Gasteiger charge is 2.25. The zero-order chi connectivity index (χ0) is 24.7. The molecule has 9 nitrogen and oxygen atoms in total. The highest BCUT2D eigenvalue weighted by atomic mass is 32.2. The number of piperidine rings is 1. The molecule has 1 aliphatic heterocycles. The van der Waals surface area contributed by atoms with Gasteiger partial charge in [0.1, 0.15) is 5.52 Å². The summed E-state index contributed by atoms with van der Waals surface area (Å²) >= 11 is 1.74. The minimum absolute atomic E-state index is 0.0922. The number of likely N-dealkylation sites (tertiary alicyclic amines) is 1. The van der Waals surface area contributed by atoms with Gasteiger partial charge in [0, 0.05) is 50.3 Å². The Morgan fingerprint density at radius 2 is 1.77 bits per heavy atom. The molecule has 35 heavy (non-hydrogen) atoms. The molecule has 0 amide bonds. The van der Waals surface area contributed by atoms with Crippen molar-refractivity contribution in [2.45, 2.75) is 30.3 Å². The lowest BCUT2D eigenvalue weighted by molar-refractivity contribution is 0.201. The van der Waals surface area contributed by atoms with E-state index in [1.54, 1.807) is 48.7 Å². The Morgan fingerprint density at radius 3 is 2.43 bits per heavy atom. The van der Waals surface area contributed by atoms with Crippen molar-refractivity contribution in [1.29, 1.82) is 0 Å². The van der Waals surface area contributed by atoms with Gasteiger partial charge in [-0.15, -0.1) is 11.3 Å². The van der Waals surface area contributed by atoms with Crippen molar-refractivity contribution in [3.8, 4) is 11.3 Å². The molecule has 0 unspecified atom stereocenters. The number of H-pyrrole nitrogens is 1. The molecule has 5 rings (SSSR count). The van der Waals surface area contributed by atoms with E-state index in [1.807, 2.05) is 6.07 Å². The largest absolute Gasteiger partial charge is 0.349 e. The minimum Gasteiger partial charge on any atom is -0.349 e. The van der Waals surface area contributed by atoms with E-state index in [4.69, 9.17) is 0 Å². The molecule has 11 heteroatoms. The standard InChI is InChI=1S/C24H27N5O4S2/c1-27-21-14-20(25-22(21)23(30)28(2)24(27)31)16-5-7-19(8-6-16)35(32,33)26-17-9-11-29(12-10-17)15-18-4-3-13-34-18/h3-8,13-14,17,25-26H,9-12,15H2,1-2H3. The summed E-state index contributed by atoms with van der Waals surface area (Å²) in [5.41, 5.74) is 1.37. The Balaban J connectivity index is 1.29. The average Bonchev–Trinajstić information content (AvgIpc) is 3.53. The molecule has 0 saturated carbocycles. The first-order valence-corrected chi connectivity index (χ1v) is 13.8. The molecule has 0 bridgehead atoms. The Morgan fingerprint density at radius 1 is 1.06 bits per heavy atom. The van der Waals surface area contributed by atoms with Crippen LogP contribution in [0, 0.1) is 0 Å². The molecular weight excluding hydrogens is 486 g/mol. The molecule has 0 spiro atoms. The second kappa shape index (κ2) is 9.23. The van der Waals surface area contributed by atoms with Crippen LogP contribution in [0.1, 0.15) is 17.7 Å². The summed E-state index contributed by atoms with van der Waals surface area (Å²) in [6, 6.07) is 12.3. The third-order valence-corrected chi connectivity index (χ3v) is 8.99. The number of aryl methyl sites for hydroxylation is 1. The number of hydrogen-bond donors (Lipinski definition) is 2. The second-order valence-corrected chi connectivity index (χ2v) is 11.7. The Hall–Kier alpha value is -2.99. The summed E-state index contributed by atoms with van der Waals surface area (Å²) in [4.78, 5) is 31.6. The maximum absolute atomic E-state index is 13.0. The van der Waals surface area contributed by atoms with Crippen molar-refractivity contribution in [2.75, 3.05) is 13.1 Å². The third kappa shape index (κ3) is 4.64. The van der Waals surface area contributed by atoms with Crippen LogP contribution in [0.2, 0.25) is 0 Å². The number of thiophene rings is 1. The average molecular weight is 514 g/mol. The monoisotopic (exact) mass is 513 g/mol. The van der Waals surface area contributed by atoms with Crippen LogP contribution in [-0.2, 0) is 30.7 Å². The fourth-order valence-corrected chi connectivity index (χ4v) is 6.59. The van der Waals surface area contributed by atoms with E-state index in [-0.39, 0.29) is 10.9 Å². The quantitative estimate of drug-likeness (QED) is 0.411. The number of fused-ring (bicyclic) bond motifs is 1. The fraction of sp³-hybridized carbons (Fsp3) is 0.333. The van der Waals surface area contributed by atoms with Gasteiger partial charge >= 0.3 is 5.69 Å². The Labute approximate surface area is 206 Å². The van der Waals surface area contributed by atoms with Crippen LogP contribution < -0.4 is 16.0 Å². The van der Waals surface area contributed by atoms with Crippen LogP contribution >= 0.6 is 11.3 Å². The molecule has 0 aliphatic carbocycles. The van der Waals surface area contributed by atoms with E-state index in [9.17, 15) is 18.0 Å². The van der Waals surface area contributed by atoms with E-state index >= 15 is 0 Å². The smallest absolute Gasteiger partial charge is 0.331 e. The summed E-state index contributed by atoms with van der Waals surface area (Å²) in [6.45, 7) is 2.62. The first-order chi connectivity index (χ1) is 16.7. The number of aromatic amines is 1. The van der Waals surface area contributed by atoms with E-state index < -0.39 is 21.3 Å². The van der Waals surface area contributed by atoms with E-state index in [2.05, 4.69) is 26.1 Å². The molecular formula is C24H27N5O4S2. The van der Waals surface area contributed by atoms with Gasteiger partial charge in [-0.25, -0.2) is 17.9 Å². The van der Waals surface area contributed by atoms with Crippen LogP contribution in [-0.4, -0.2) is 46.6 Å². The third-order valence-electron chi connectivity index (χ3n) is 6.60. The summed E-state index contributed by atoms with van der Waals surface area (Å²) in [6.07, 6.45) is 1.54. The molecule has 2 N–H and O–H groups in total. The number of nitrogens with zero attached hydrogens (tertiary/aromatic N) is 3. The zero-order valence-corrected chi connectivity index (χ0v) is 21.2. The SMILES string of the molecule is Cn1c(=O)c2[nH]c(-c3ccc(S(=O)(=O)NC4CCN(Cc5cccs5)CC4)cc3)cc2n(C)c1=O. The molecule has 1 aromatic carbocycles. The van der Waals surface area contributed by atoms with Gasteiger partial charge in [-0.1, -0.05) is 18.2 Å². The number of sulfonamides is 1. The number of benzene rings is 1. The summed E-state index contributed by atoms with van der Waals surface area (Å²) in [5, 5.41) is 2.07. The molecule has 1 aliphatic rings. The molecule has 3 aromatic heterocycles. The lowest BCUT2D eigenvalue weighted by atomic mass is 10.1. The molecule has 0 atom stereocenters. The van der Waals surface area contributed by atoms with Crippen LogP contribution in [0.4, 0.5) is 0 Å². The molecule has 4 heterocycles. The van der Waals surface area contributed by atoms with Crippen LogP contribution in [0.5, 0.6) is 0 Å². The van der Waals surface area contributed by atoms with E-state index in [0.717, 1.165) is 42.6 Å². The normalized spacial score (nSPS) is 15.7. The van der Waals surface area contributed by atoms with Gasteiger partial charge < -0.3 is 4.98 Å². The summed E-state index contributed by atoms with van der Waals surface area (Å²) < 4.78 is 31.3. The van der Waals surface area contributed by atoms with E-state index in [0.29, 0.717) is 16.7 Å². The van der Waals surface area contributed by atoms with Crippen LogP contribution in [0.25, 0.3) is 22.3 Å². The minimum atomic E-state index is -3.65. The lowest BCUT2D eigenvalue weighted by Gasteiger charge is -2.31. The molecule has 4 aromatic rings. The van der Waals surface area contributed by atoms with Crippen molar-refractivity contribution >= 4 is 32.4 Å². The Kier molecular flexibility index (Phi) is 6.26. The van der Waals surface area contributed by atoms with Crippen molar-refractivity contribution in [1.82, 2.24) is 23.7 Å². The van der Waals surface area contributed by atoms with Crippen molar-refractivity contribution in [3.05, 3.63) is 73.6 Å². The number of aromatic nitrogens is 3. The summed E-state index contributed by atoms with van der Waals surface area (Å²) in [7, 11) is -0.609. The van der Waals surface area contributed by atoms with Gasteiger partial charge in [-0.3, -0.25) is 18.8 Å². The first kappa shape index (κ1) is 23.7. The van der Waals surface area contributed by atoms with Gasteiger partial charge in [0.2, 0.25) is 10.0 Å². The number of nitrogens with one attached hydrogen (secondary N) is 2. The Bertz CT molecular complexity index is 1570. The van der Waals surface area contributed by atoms with Gasteiger partial charge in [0.25, 0.3) is 5.56 Å². The van der Waals surface area contributed by atoms with Crippen molar-refractivity contribution < 1.29 is 8.42 Å². The van der Waals surface area contributed by atoms with Crippen molar-refractivity contribution in [3.63, 3.8) is 0 Å². The van der Waals surface area contributed by atoms with Gasteiger partial charge in [0.15, 0.2) is 0 Å². The predicted octanol–water partition coefficient (Wildman–Crippen LogP) is 2.24. The molecule has 1 saturated heterocycles. The molecule has 0 radical (unpaired) electrons. The fourth-order valence-electron chi connectivity index (χ4n) is 4.54. The second-order valence-electron chi connectivity index (χ2n) is 8.92. The highest BCUT2D eigenvalue weighted by Crippen LogP contribution is 2.24.